The Morgan fingerprint density at radius 2 is 2.35 bits per heavy atom. The number of rotatable bonds is 6. The molecule has 3 heterocycles. The van der Waals surface area contributed by atoms with E-state index in [2.05, 4.69) is 15.0 Å². The van der Waals surface area contributed by atoms with E-state index in [1.165, 1.54) is 6.33 Å². The van der Waals surface area contributed by atoms with Gasteiger partial charge in [0.1, 0.15) is 18.9 Å². The fourth-order valence-corrected chi connectivity index (χ4v) is 3.83. The van der Waals surface area contributed by atoms with Gasteiger partial charge in [0.25, 0.3) is 5.56 Å². The van der Waals surface area contributed by atoms with Gasteiger partial charge in [-0.2, -0.15) is 0 Å². The average molecular weight is 357 g/mol. The van der Waals surface area contributed by atoms with Gasteiger partial charge >= 0.3 is 7.15 Å². The third kappa shape index (κ3) is 3.81. The number of imidazole rings is 1. The van der Waals surface area contributed by atoms with E-state index in [4.69, 9.17) is 25.6 Å². The van der Waals surface area contributed by atoms with Gasteiger partial charge < -0.3 is 9.72 Å². The van der Waals surface area contributed by atoms with Crippen molar-refractivity contribution < 1.29 is 13.8 Å². The van der Waals surface area contributed by atoms with E-state index in [0.717, 1.165) is 12.8 Å². The number of hydrogen-bond acceptors (Lipinski definition) is 7. The van der Waals surface area contributed by atoms with Crippen molar-refractivity contribution in [3.63, 3.8) is 0 Å². The molecule has 1 N–H and O–H groups in total. The van der Waals surface area contributed by atoms with Crippen molar-refractivity contribution in [2.45, 2.75) is 45.1 Å². The molecule has 8 nitrogen and oxygen atoms in total. The lowest BCUT2D eigenvalue weighted by Gasteiger charge is -2.13. The molecule has 1 aliphatic heterocycles. The number of nitrogens with one attached hydrogen (secondary N) is 1. The molecule has 1 fully saturated rings. The Labute approximate surface area is 138 Å². The number of ether oxygens (including phenoxy) is 1. The molecule has 23 heavy (non-hydrogen) atoms. The monoisotopic (exact) mass is 357 g/mol. The molecule has 0 radical (unpaired) electrons. The first-order valence-corrected chi connectivity index (χ1v) is 9.56. The van der Waals surface area contributed by atoms with Gasteiger partial charge in [-0.15, -0.1) is 9.05 Å². The molecule has 2 aromatic rings. The summed E-state index contributed by atoms with van der Waals surface area (Å²) in [4.78, 5) is 22.5. The van der Waals surface area contributed by atoms with Crippen LogP contribution < -0.4 is 5.56 Å². The summed E-state index contributed by atoms with van der Waals surface area (Å²) in [7, 11) is -1.30. The Kier molecular flexibility index (Phi) is 5.13. The zero-order valence-corrected chi connectivity index (χ0v) is 14.5. The smallest absolute Gasteiger partial charge is 0.352 e. The highest BCUT2D eigenvalue weighted by Gasteiger charge is 2.30. The first kappa shape index (κ1) is 16.6. The van der Waals surface area contributed by atoms with E-state index in [1.54, 1.807) is 10.9 Å². The van der Waals surface area contributed by atoms with Crippen LogP contribution in [0.2, 0.25) is 0 Å². The predicted octanol–water partition coefficient (Wildman–Crippen LogP) is 2.01. The van der Waals surface area contributed by atoms with Crippen molar-refractivity contribution in [2.24, 2.45) is 0 Å². The zero-order valence-electron chi connectivity index (χ0n) is 12.8. The van der Waals surface area contributed by atoms with Crippen LogP contribution in [0.15, 0.2) is 17.4 Å². The second-order valence-corrected chi connectivity index (χ2v) is 7.33. The van der Waals surface area contributed by atoms with Gasteiger partial charge in [-0.05, 0) is 26.7 Å². The Morgan fingerprint density at radius 3 is 3.13 bits per heavy atom. The second-order valence-electron chi connectivity index (χ2n) is 5.52. The highest BCUT2D eigenvalue weighted by Crippen LogP contribution is 2.33. The summed E-state index contributed by atoms with van der Waals surface area (Å²) in [6.45, 7) is 4.25. The van der Waals surface area contributed by atoms with Gasteiger partial charge in [-0.1, -0.05) is 0 Å². The fraction of sp³-hybridized carbons (Fsp3) is 0.615. The maximum Gasteiger partial charge on any atom is 0.522 e. The van der Waals surface area contributed by atoms with Gasteiger partial charge in [0.05, 0.1) is 18.8 Å². The van der Waals surface area contributed by atoms with E-state index in [9.17, 15) is 4.79 Å². The molecule has 0 aromatic carbocycles. The SMILES string of the molecule is CC(C)O[P+](=S)OC[C@@H]1CC[C@H](n2cnc3c(=O)[nH]cnc32)O1. The first-order valence-electron chi connectivity index (χ1n) is 7.37. The van der Waals surface area contributed by atoms with E-state index in [1.807, 2.05) is 13.8 Å². The second kappa shape index (κ2) is 7.11. The summed E-state index contributed by atoms with van der Waals surface area (Å²) in [5.74, 6) is 0. The minimum absolute atomic E-state index is 0.0526. The Hall–Kier alpha value is -1.25. The minimum Gasteiger partial charge on any atom is -0.352 e. The van der Waals surface area contributed by atoms with Crippen LogP contribution >= 0.6 is 7.15 Å². The third-order valence-corrected chi connectivity index (χ3v) is 4.95. The molecule has 124 valence electrons. The van der Waals surface area contributed by atoms with Crippen LogP contribution in [-0.4, -0.2) is 38.3 Å². The van der Waals surface area contributed by atoms with E-state index in [0.29, 0.717) is 17.8 Å². The zero-order chi connectivity index (χ0) is 16.4. The number of H-pyrrole nitrogens is 1. The Morgan fingerprint density at radius 1 is 1.52 bits per heavy atom. The molecule has 3 atom stereocenters. The van der Waals surface area contributed by atoms with Gasteiger partial charge in [-0.25, -0.2) is 9.97 Å². The lowest BCUT2D eigenvalue weighted by atomic mass is 10.2. The molecule has 0 aliphatic carbocycles. The Bertz CT molecular complexity index is 762. The van der Waals surface area contributed by atoms with Crippen LogP contribution in [0.3, 0.4) is 0 Å². The lowest BCUT2D eigenvalue weighted by molar-refractivity contribution is -0.0159. The molecule has 1 saturated heterocycles. The van der Waals surface area contributed by atoms with E-state index >= 15 is 0 Å². The molecular formula is C13H18N4O4PS+. The number of hydrogen-bond donors (Lipinski definition) is 1. The molecule has 0 bridgehead atoms. The maximum absolute atomic E-state index is 11.7. The van der Waals surface area contributed by atoms with Crippen molar-refractivity contribution in [1.29, 1.82) is 0 Å². The largest absolute Gasteiger partial charge is 0.522 e. The van der Waals surface area contributed by atoms with Crippen molar-refractivity contribution in [2.75, 3.05) is 6.61 Å². The summed E-state index contributed by atoms with van der Waals surface area (Å²) in [5.41, 5.74) is 0.582. The molecule has 0 amide bonds. The molecule has 2 aromatic heterocycles. The highest BCUT2D eigenvalue weighted by atomic mass is 32.4. The summed E-state index contributed by atoms with van der Waals surface area (Å²) in [5, 5.41) is 0. The molecule has 0 spiro atoms. The van der Waals surface area contributed by atoms with Crippen LogP contribution in [0, 0.1) is 0 Å². The molecule has 1 unspecified atom stereocenters. The van der Waals surface area contributed by atoms with Crippen LogP contribution in [-0.2, 0) is 25.6 Å². The third-order valence-electron chi connectivity index (χ3n) is 3.42. The van der Waals surface area contributed by atoms with E-state index < -0.39 is 7.15 Å². The van der Waals surface area contributed by atoms with Crippen LogP contribution in [0.25, 0.3) is 11.2 Å². The summed E-state index contributed by atoms with van der Waals surface area (Å²) in [6, 6.07) is 0. The average Bonchev–Trinajstić information content (AvgIpc) is 3.11. The topological polar surface area (TPSA) is 91.3 Å². The molecule has 3 rings (SSSR count). The summed E-state index contributed by atoms with van der Waals surface area (Å²) in [6.07, 6.45) is 4.39. The number of nitrogens with zero attached hydrogens (tertiary/aromatic N) is 3. The quantitative estimate of drug-likeness (QED) is 0.791. The fourth-order valence-electron chi connectivity index (χ4n) is 2.43. The van der Waals surface area contributed by atoms with Crippen molar-refractivity contribution in [3.8, 4) is 0 Å². The van der Waals surface area contributed by atoms with Crippen LogP contribution in [0.1, 0.15) is 32.9 Å². The lowest BCUT2D eigenvalue weighted by Crippen LogP contribution is -2.16. The van der Waals surface area contributed by atoms with Gasteiger partial charge in [0, 0.05) is 0 Å². The summed E-state index contributed by atoms with van der Waals surface area (Å²) >= 11 is 5.14. The van der Waals surface area contributed by atoms with Crippen LogP contribution in [0.4, 0.5) is 0 Å². The minimum atomic E-state index is -1.30. The number of aromatic nitrogens is 4. The van der Waals surface area contributed by atoms with E-state index in [-0.39, 0.29) is 24.0 Å². The predicted molar refractivity (Wildman–Crippen MR) is 87.8 cm³/mol. The van der Waals surface area contributed by atoms with Crippen molar-refractivity contribution in [3.05, 3.63) is 23.0 Å². The van der Waals surface area contributed by atoms with Crippen LogP contribution in [0.5, 0.6) is 0 Å². The van der Waals surface area contributed by atoms with Gasteiger partial charge in [0.15, 0.2) is 11.2 Å². The molecule has 0 saturated carbocycles. The van der Waals surface area contributed by atoms with Gasteiger partial charge in [-0.3, -0.25) is 9.36 Å². The van der Waals surface area contributed by atoms with Crippen molar-refractivity contribution in [1.82, 2.24) is 19.5 Å². The van der Waals surface area contributed by atoms with Crippen molar-refractivity contribution >= 4 is 30.1 Å². The Balaban J connectivity index is 1.62. The number of aromatic amines is 1. The van der Waals surface area contributed by atoms with Gasteiger partial charge in [0.2, 0.25) is 11.8 Å². The highest BCUT2D eigenvalue weighted by molar-refractivity contribution is 8.00. The molecular weight excluding hydrogens is 339 g/mol. The first-order chi connectivity index (χ1) is 11.0. The standard InChI is InChI=1S/C13H17N4O4PS/c1-8(2)21-22(23)19-5-9-3-4-10(20-9)17-7-16-11-12(17)14-6-15-13(11)18/h6-10H,3-5H2,1-2H3/p+1/t9-,10+/m0/s1. The normalized spacial score (nSPS) is 22.1. The summed E-state index contributed by atoms with van der Waals surface area (Å²) < 4.78 is 18.7. The molecule has 1 aliphatic rings. The number of fused-ring (bicyclic) bond motifs is 1. The molecule has 10 heteroatoms. The maximum atomic E-state index is 11.7.